The van der Waals surface area contributed by atoms with Crippen LogP contribution in [0.1, 0.15) is 54.2 Å². The summed E-state index contributed by atoms with van der Waals surface area (Å²) in [7, 11) is 0. The summed E-state index contributed by atoms with van der Waals surface area (Å²) in [5.41, 5.74) is -0.369. The number of rotatable bonds is 2. The fourth-order valence-corrected chi connectivity index (χ4v) is 4.43. The molecule has 6 heteroatoms. The molecule has 132 valence electrons. The summed E-state index contributed by atoms with van der Waals surface area (Å²) in [6.07, 6.45) is 2.00. The van der Waals surface area contributed by atoms with Gasteiger partial charge in [0.2, 0.25) is 5.91 Å². The van der Waals surface area contributed by atoms with Crippen molar-refractivity contribution in [1.82, 2.24) is 9.80 Å². The number of morpholine rings is 1. The van der Waals surface area contributed by atoms with Crippen LogP contribution in [0.5, 0.6) is 0 Å². The molecule has 2 amide bonds. The largest absolute Gasteiger partial charge is 0.378 e. The summed E-state index contributed by atoms with van der Waals surface area (Å²) < 4.78 is 5.31. The predicted octanol–water partition coefficient (Wildman–Crippen LogP) is 2.93. The van der Waals surface area contributed by atoms with E-state index >= 15 is 0 Å². The SMILES string of the molecule is CC(C)(C)C(=O)N1CCCC1c1ccc(C(=O)N2CCOCC2)s1. The first-order valence-corrected chi connectivity index (χ1v) is 9.47. The molecule has 0 saturated carbocycles. The van der Waals surface area contributed by atoms with Crippen LogP contribution in [-0.4, -0.2) is 54.5 Å². The van der Waals surface area contributed by atoms with Gasteiger partial charge >= 0.3 is 0 Å². The van der Waals surface area contributed by atoms with Gasteiger partial charge in [-0.05, 0) is 25.0 Å². The fraction of sp³-hybridized carbons (Fsp3) is 0.667. The Bertz CT molecular complexity index is 614. The van der Waals surface area contributed by atoms with E-state index in [1.54, 1.807) is 0 Å². The summed E-state index contributed by atoms with van der Waals surface area (Å²) in [6, 6.07) is 4.06. The van der Waals surface area contributed by atoms with Gasteiger partial charge in [0.05, 0.1) is 24.1 Å². The van der Waals surface area contributed by atoms with Crippen molar-refractivity contribution in [3.05, 3.63) is 21.9 Å². The summed E-state index contributed by atoms with van der Waals surface area (Å²) in [5, 5.41) is 0. The first kappa shape index (κ1) is 17.4. The average Bonchev–Trinajstić information content (AvgIpc) is 3.22. The molecule has 24 heavy (non-hydrogen) atoms. The lowest BCUT2D eigenvalue weighted by molar-refractivity contribution is -0.140. The van der Waals surface area contributed by atoms with Crippen molar-refractivity contribution < 1.29 is 14.3 Å². The van der Waals surface area contributed by atoms with Crippen LogP contribution in [-0.2, 0) is 9.53 Å². The maximum absolute atomic E-state index is 12.7. The smallest absolute Gasteiger partial charge is 0.264 e. The molecule has 0 radical (unpaired) electrons. The molecule has 5 nitrogen and oxygen atoms in total. The lowest BCUT2D eigenvalue weighted by Gasteiger charge is -2.30. The van der Waals surface area contributed by atoms with Crippen LogP contribution in [0, 0.1) is 5.41 Å². The number of nitrogens with zero attached hydrogens (tertiary/aromatic N) is 2. The van der Waals surface area contributed by atoms with Crippen molar-refractivity contribution in [2.24, 2.45) is 5.41 Å². The Kier molecular flexibility index (Phi) is 4.97. The van der Waals surface area contributed by atoms with Gasteiger partial charge in [0.15, 0.2) is 0 Å². The molecular weight excluding hydrogens is 324 g/mol. The number of amides is 2. The molecule has 0 spiro atoms. The standard InChI is InChI=1S/C18H26N2O3S/c1-18(2,3)17(22)20-8-4-5-13(20)14-6-7-15(24-14)16(21)19-9-11-23-12-10-19/h6-7,13H,4-5,8-12H2,1-3H3. The van der Waals surface area contributed by atoms with Gasteiger partial charge in [-0.15, -0.1) is 11.3 Å². The summed E-state index contributed by atoms with van der Waals surface area (Å²) in [6.45, 7) is 9.24. The number of thiophene rings is 1. The third-order valence-corrected chi connectivity index (χ3v) is 5.79. The molecular formula is C18H26N2O3S. The number of likely N-dealkylation sites (tertiary alicyclic amines) is 1. The molecule has 0 aromatic carbocycles. The van der Waals surface area contributed by atoms with E-state index in [0.717, 1.165) is 29.1 Å². The van der Waals surface area contributed by atoms with E-state index in [1.165, 1.54) is 11.3 Å². The minimum absolute atomic E-state index is 0.0845. The molecule has 0 aliphatic carbocycles. The topological polar surface area (TPSA) is 49.9 Å². The van der Waals surface area contributed by atoms with Crippen molar-refractivity contribution >= 4 is 23.2 Å². The monoisotopic (exact) mass is 350 g/mol. The minimum atomic E-state index is -0.369. The second-order valence-corrected chi connectivity index (χ2v) is 8.63. The Morgan fingerprint density at radius 3 is 2.54 bits per heavy atom. The lowest BCUT2D eigenvalue weighted by atomic mass is 9.94. The van der Waals surface area contributed by atoms with Gasteiger partial charge in [-0.3, -0.25) is 9.59 Å². The van der Waals surface area contributed by atoms with E-state index in [9.17, 15) is 9.59 Å². The van der Waals surface area contributed by atoms with Crippen LogP contribution in [0.4, 0.5) is 0 Å². The zero-order chi connectivity index (χ0) is 17.3. The number of hydrogen-bond donors (Lipinski definition) is 0. The molecule has 2 aliphatic rings. The average molecular weight is 350 g/mol. The number of hydrogen-bond acceptors (Lipinski definition) is 4. The highest BCUT2D eigenvalue weighted by molar-refractivity contribution is 7.14. The van der Waals surface area contributed by atoms with Gasteiger partial charge in [-0.1, -0.05) is 20.8 Å². The van der Waals surface area contributed by atoms with Gasteiger partial charge in [-0.25, -0.2) is 0 Å². The molecule has 2 aliphatic heterocycles. The second kappa shape index (κ2) is 6.84. The quantitative estimate of drug-likeness (QED) is 0.824. The van der Waals surface area contributed by atoms with Gasteiger partial charge in [0.1, 0.15) is 0 Å². The Morgan fingerprint density at radius 1 is 1.17 bits per heavy atom. The van der Waals surface area contributed by atoms with E-state index in [-0.39, 0.29) is 23.3 Å². The Balaban J connectivity index is 1.74. The highest BCUT2D eigenvalue weighted by Gasteiger charge is 2.36. The molecule has 1 atom stereocenters. The normalized spacial score (nSPS) is 22.0. The summed E-state index contributed by atoms with van der Waals surface area (Å²) >= 11 is 1.54. The van der Waals surface area contributed by atoms with E-state index in [2.05, 4.69) is 0 Å². The lowest BCUT2D eigenvalue weighted by Crippen LogP contribution is -2.40. The van der Waals surface area contributed by atoms with Crippen LogP contribution in [0.3, 0.4) is 0 Å². The van der Waals surface area contributed by atoms with Crippen molar-refractivity contribution in [3.63, 3.8) is 0 Å². The molecule has 1 aromatic heterocycles. The molecule has 1 unspecified atom stereocenters. The molecule has 0 N–H and O–H groups in total. The summed E-state index contributed by atoms with van der Waals surface area (Å²) in [5.74, 6) is 0.278. The second-order valence-electron chi connectivity index (χ2n) is 7.51. The molecule has 3 rings (SSSR count). The van der Waals surface area contributed by atoms with Gasteiger partial charge < -0.3 is 14.5 Å². The Labute approximate surface area is 147 Å². The van der Waals surface area contributed by atoms with E-state index in [0.29, 0.717) is 26.3 Å². The molecule has 2 fully saturated rings. The first-order valence-electron chi connectivity index (χ1n) is 8.66. The maximum Gasteiger partial charge on any atom is 0.264 e. The Hall–Kier alpha value is -1.40. The predicted molar refractivity (Wildman–Crippen MR) is 94.2 cm³/mol. The van der Waals surface area contributed by atoms with Gasteiger partial charge in [-0.2, -0.15) is 0 Å². The third kappa shape index (κ3) is 3.49. The van der Waals surface area contributed by atoms with Crippen LogP contribution >= 0.6 is 11.3 Å². The van der Waals surface area contributed by atoms with Crippen LogP contribution in [0.2, 0.25) is 0 Å². The van der Waals surface area contributed by atoms with E-state index in [1.807, 2.05) is 42.7 Å². The van der Waals surface area contributed by atoms with Crippen molar-refractivity contribution in [2.75, 3.05) is 32.8 Å². The van der Waals surface area contributed by atoms with Crippen molar-refractivity contribution in [1.29, 1.82) is 0 Å². The number of ether oxygens (including phenoxy) is 1. The number of carbonyl (C=O) groups is 2. The molecule has 2 saturated heterocycles. The zero-order valence-electron chi connectivity index (χ0n) is 14.7. The van der Waals surface area contributed by atoms with E-state index < -0.39 is 0 Å². The van der Waals surface area contributed by atoms with E-state index in [4.69, 9.17) is 4.74 Å². The van der Waals surface area contributed by atoms with Crippen LogP contribution in [0.15, 0.2) is 12.1 Å². The molecule has 1 aromatic rings. The molecule has 0 bridgehead atoms. The highest BCUT2D eigenvalue weighted by Crippen LogP contribution is 2.38. The fourth-order valence-electron chi connectivity index (χ4n) is 3.31. The van der Waals surface area contributed by atoms with Crippen LogP contribution in [0.25, 0.3) is 0 Å². The zero-order valence-corrected chi connectivity index (χ0v) is 15.5. The summed E-state index contributed by atoms with van der Waals surface area (Å²) in [4.78, 5) is 31.0. The molecule has 3 heterocycles. The maximum atomic E-state index is 12.7. The van der Waals surface area contributed by atoms with Crippen molar-refractivity contribution in [3.8, 4) is 0 Å². The number of carbonyl (C=O) groups excluding carboxylic acids is 2. The first-order chi connectivity index (χ1) is 11.4. The Morgan fingerprint density at radius 2 is 1.88 bits per heavy atom. The third-order valence-electron chi connectivity index (χ3n) is 4.62. The van der Waals surface area contributed by atoms with Gasteiger partial charge in [0, 0.05) is 29.9 Å². The van der Waals surface area contributed by atoms with Crippen LogP contribution < -0.4 is 0 Å². The highest BCUT2D eigenvalue weighted by atomic mass is 32.1. The van der Waals surface area contributed by atoms with Crippen molar-refractivity contribution in [2.45, 2.75) is 39.7 Å². The van der Waals surface area contributed by atoms with Gasteiger partial charge in [0.25, 0.3) is 5.91 Å². The minimum Gasteiger partial charge on any atom is -0.378 e.